The number of carbonyl (C=O) groups is 2. The average Bonchev–Trinajstić information content (AvgIpc) is 2.90. The monoisotopic (exact) mass is 286 g/mol. The van der Waals surface area contributed by atoms with E-state index in [0.29, 0.717) is 19.7 Å². The summed E-state index contributed by atoms with van der Waals surface area (Å²) in [6.45, 7) is 5.76. The molecule has 0 aromatic rings. The van der Waals surface area contributed by atoms with Gasteiger partial charge in [-0.25, -0.2) is 4.79 Å². The maximum atomic E-state index is 12.2. The highest BCUT2D eigenvalue weighted by Gasteiger charge is 2.39. The fourth-order valence-corrected chi connectivity index (χ4v) is 2.42. The summed E-state index contributed by atoms with van der Waals surface area (Å²) in [5.74, 6) is -1.52. The van der Waals surface area contributed by atoms with Crippen LogP contribution in [0.3, 0.4) is 0 Å². The molecule has 2 N–H and O–H groups in total. The molecule has 0 spiro atoms. The number of amides is 2. The second-order valence-corrected chi connectivity index (χ2v) is 5.18. The van der Waals surface area contributed by atoms with Crippen LogP contribution in [0, 0.1) is 5.92 Å². The van der Waals surface area contributed by atoms with E-state index in [0.717, 1.165) is 25.7 Å². The molecule has 0 aromatic carbocycles. The molecule has 1 rings (SSSR count). The minimum absolute atomic E-state index is 0.176. The van der Waals surface area contributed by atoms with Crippen LogP contribution in [0.1, 0.15) is 39.5 Å². The highest BCUT2D eigenvalue weighted by molar-refractivity contribution is 5.77. The highest BCUT2D eigenvalue weighted by Crippen LogP contribution is 2.20. The molecule has 2 amide bonds. The van der Waals surface area contributed by atoms with E-state index in [1.165, 1.54) is 0 Å². The molecular formula is C14H26N2O4. The topological polar surface area (TPSA) is 78.9 Å². The van der Waals surface area contributed by atoms with Gasteiger partial charge in [0.25, 0.3) is 0 Å². The molecule has 1 aliphatic rings. The molecule has 20 heavy (non-hydrogen) atoms. The Kier molecular flexibility index (Phi) is 7.36. The number of nitrogens with zero attached hydrogens (tertiary/aromatic N) is 1. The Morgan fingerprint density at radius 3 is 2.60 bits per heavy atom. The van der Waals surface area contributed by atoms with Crippen molar-refractivity contribution in [2.45, 2.75) is 45.6 Å². The number of hydrogen-bond acceptors (Lipinski definition) is 3. The predicted molar refractivity (Wildman–Crippen MR) is 75.7 cm³/mol. The highest BCUT2D eigenvalue weighted by atomic mass is 16.5. The lowest BCUT2D eigenvalue weighted by Crippen LogP contribution is -2.51. The molecule has 6 heteroatoms. The SMILES string of the molecule is CCCCCNC(=O)N(CCC)C1COCC1C(=O)O. The van der Waals surface area contributed by atoms with Crippen LogP contribution in [0.5, 0.6) is 0 Å². The van der Waals surface area contributed by atoms with E-state index >= 15 is 0 Å². The molecule has 1 heterocycles. The number of hydrogen-bond donors (Lipinski definition) is 2. The number of ether oxygens (including phenoxy) is 1. The zero-order chi connectivity index (χ0) is 15.0. The van der Waals surface area contributed by atoms with Crippen LogP contribution in [0.2, 0.25) is 0 Å². The number of carboxylic acids is 1. The molecule has 2 unspecified atom stereocenters. The Bertz CT molecular complexity index is 322. The second kappa shape index (κ2) is 8.79. The van der Waals surface area contributed by atoms with Crippen molar-refractivity contribution >= 4 is 12.0 Å². The maximum absolute atomic E-state index is 12.2. The first kappa shape index (κ1) is 16.8. The van der Waals surface area contributed by atoms with Crippen molar-refractivity contribution in [1.82, 2.24) is 10.2 Å². The summed E-state index contributed by atoms with van der Waals surface area (Å²) in [5, 5.41) is 12.1. The van der Waals surface area contributed by atoms with Crippen molar-refractivity contribution < 1.29 is 19.4 Å². The van der Waals surface area contributed by atoms with Crippen molar-refractivity contribution in [1.29, 1.82) is 0 Å². The van der Waals surface area contributed by atoms with Crippen molar-refractivity contribution in [3.05, 3.63) is 0 Å². The lowest BCUT2D eigenvalue weighted by atomic mass is 10.0. The third-order valence-electron chi connectivity index (χ3n) is 3.55. The first-order valence-corrected chi connectivity index (χ1v) is 7.46. The first-order chi connectivity index (χ1) is 9.61. The summed E-state index contributed by atoms with van der Waals surface area (Å²) in [7, 11) is 0. The quantitative estimate of drug-likeness (QED) is 0.666. The number of urea groups is 1. The molecule has 1 aliphatic heterocycles. The van der Waals surface area contributed by atoms with Gasteiger partial charge in [-0.2, -0.15) is 0 Å². The summed E-state index contributed by atoms with van der Waals surface area (Å²) in [6, 6.07) is -0.539. The van der Waals surface area contributed by atoms with Gasteiger partial charge in [0.1, 0.15) is 5.92 Å². The molecule has 116 valence electrons. The largest absolute Gasteiger partial charge is 0.481 e. The number of carbonyl (C=O) groups excluding carboxylic acids is 1. The van der Waals surface area contributed by atoms with Gasteiger partial charge in [0, 0.05) is 13.1 Å². The average molecular weight is 286 g/mol. The van der Waals surface area contributed by atoms with E-state index in [4.69, 9.17) is 4.74 Å². The minimum atomic E-state index is -0.896. The molecule has 0 saturated carbocycles. The van der Waals surface area contributed by atoms with Gasteiger partial charge in [0.05, 0.1) is 19.3 Å². The second-order valence-electron chi connectivity index (χ2n) is 5.18. The maximum Gasteiger partial charge on any atom is 0.317 e. The summed E-state index contributed by atoms with van der Waals surface area (Å²) in [6.07, 6.45) is 3.93. The molecule has 6 nitrogen and oxygen atoms in total. The van der Waals surface area contributed by atoms with Crippen LogP contribution >= 0.6 is 0 Å². The van der Waals surface area contributed by atoms with E-state index in [9.17, 15) is 14.7 Å². The Morgan fingerprint density at radius 2 is 2.00 bits per heavy atom. The van der Waals surface area contributed by atoms with Gasteiger partial charge < -0.3 is 20.1 Å². The number of aliphatic carboxylic acids is 1. The van der Waals surface area contributed by atoms with Gasteiger partial charge >= 0.3 is 12.0 Å². The van der Waals surface area contributed by atoms with Gasteiger partial charge in [-0.3, -0.25) is 4.79 Å². The van der Waals surface area contributed by atoms with Gasteiger partial charge in [0.15, 0.2) is 0 Å². The van der Waals surface area contributed by atoms with Gasteiger partial charge in [-0.15, -0.1) is 0 Å². The standard InChI is InChI=1S/C14H26N2O4/c1-3-5-6-7-15-14(19)16(8-4-2)12-10-20-9-11(12)13(17)18/h11-12H,3-10H2,1-2H3,(H,15,19)(H,17,18). The molecule has 0 aromatic heterocycles. The van der Waals surface area contributed by atoms with E-state index in [1.54, 1.807) is 4.90 Å². The minimum Gasteiger partial charge on any atom is -0.481 e. The molecule has 0 radical (unpaired) electrons. The first-order valence-electron chi connectivity index (χ1n) is 7.46. The molecule has 1 fully saturated rings. The zero-order valence-electron chi connectivity index (χ0n) is 12.4. The number of rotatable bonds is 8. The number of carboxylic acid groups (broad SMARTS) is 1. The predicted octanol–water partition coefficient (Wildman–Crippen LogP) is 1.70. The lowest BCUT2D eigenvalue weighted by Gasteiger charge is -2.30. The van der Waals surface area contributed by atoms with E-state index in [2.05, 4.69) is 12.2 Å². The van der Waals surface area contributed by atoms with Crippen molar-refractivity contribution in [2.24, 2.45) is 5.92 Å². The van der Waals surface area contributed by atoms with Gasteiger partial charge in [-0.05, 0) is 12.8 Å². The summed E-state index contributed by atoms with van der Waals surface area (Å²) in [5.41, 5.74) is 0. The van der Waals surface area contributed by atoms with Crippen LogP contribution in [0.4, 0.5) is 4.79 Å². The van der Waals surface area contributed by atoms with E-state index in [-0.39, 0.29) is 18.7 Å². The Morgan fingerprint density at radius 1 is 1.25 bits per heavy atom. The molecule has 0 bridgehead atoms. The lowest BCUT2D eigenvalue weighted by molar-refractivity contribution is -0.142. The van der Waals surface area contributed by atoms with E-state index in [1.807, 2.05) is 6.92 Å². The Balaban J connectivity index is 2.58. The normalized spacial score (nSPS) is 21.7. The van der Waals surface area contributed by atoms with Crippen molar-refractivity contribution in [3.8, 4) is 0 Å². The third kappa shape index (κ3) is 4.67. The van der Waals surface area contributed by atoms with E-state index < -0.39 is 11.9 Å². The third-order valence-corrected chi connectivity index (χ3v) is 3.55. The number of unbranched alkanes of at least 4 members (excludes halogenated alkanes) is 2. The zero-order valence-corrected chi connectivity index (χ0v) is 12.4. The number of nitrogens with one attached hydrogen (secondary N) is 1. The van der Waals surface area contributed by atoms with Crippen LogP contribution < -0.4 is 5.32 Å². The Hall–Kier alpha value is -1.30. The smallest absolute Gasteiger partial charge is 0.317 e. The summed E-state index contributed by atoms with van der Waals surface area (Å²) in [4.78, 5) is 25.0. The fraction of sp³-hybridized carbons (Fsp3) is 0.857. The molecule has 1 saturated heterocycles. The van der Waals surface area contributed by atoms with Crippen molar-refractivity contribution in [3.63, 3.8) is 0 Å². The van der Waals surface area contributed by atoms with Crippen LogP contribution in [-0.4, -0.2) is 54.4 Å². The molecular weight excluding hydrogens is 260 g/mol. The van der Waals surface area contributed by atoms with Crippen molar-refractivity contribution in [2.75, 3.05) is 26.3 Å². The molecule has 2 atom stereocenters. The Labute approximate surface area is 120 Å². The van der Waals surface area contributed by atoms with Crippen LogP contribution in [0.25, 0.3) is 0 Å². The fourth-order valence-electron chi connectivity index (χ4n) is 2.42. The van der Waals surface area contributed by atoms with Gasteiger partial charge in [-0.1, -0.05) is 26.7 Å². The summed E-state index contributed by atoms with van der Waals surface area (Å²) < 4.78 is 5.25. The van der Waals surface area contributed by atoms with Crippen LogP contribution in [0.15, 0.2) is 0 Å². The van der Waals surface area contributed by atoms with Gasteiger partial charge in [0.2, 0.25) is 0 Å². The summed E-state index contributed by atoms with van der Waals surface area (Å²) >= 11 is 0. The molecule has 0 aliphatic carbocycles. The van der Waals surface area contributed by atoms with Crippen LogP contribution in [-0.2, 0) is 9.53 Å².